The minimum Gasteiger partial charge on any atom is -0.376 e. The highest BCUT2D eigenvalue weighted by atomic mass is 16.5. The Kier molecular flexibility index (Phi) is 1.87. The van der Waals surface area contributed by atoms with Crippen molar-refractivity contribution in [1.82, 2.24) is 9.55 Å². The predicted octanol–water partition coefficient (Wildman–Crippen LogP) is 1.93. The molecule has 2 atom stereocenters. The first-order valence-electron chi connectivity index (χ1n) is 5.46. The van der Waals surface area contributed by atoms with E-state index in [1.807, 2.05) is 12.5 Å². The summed E-state index contributed by atoms with van der Waals surface area (Å²) in [5, 5.41) is 0. The van der Waals surface area contributed by atoms with Crippen LogP contribution in [-0.2, 0) is 4.74 Å². The van der Waals surface area contributed by atoms with E-state index in [2.05, 4.69) is 16.5 Å². The molecule has 76 valence electrons. The van der Waals surface area contributed by atoms with Crippen LogP contribution in [-0.4, -0.2) is 22.3 Å². The molecule has 0 spiro atoms. The minimum atomic E-state index is 0.461. The van der Waals surface area contributed by atoms with Crippen molar-refractivity contribution in [2.24, 2.45) is 5.92 Å². The van der Waals surface area contributed by atoms with Gasteiger partial charge in [-0.25, -0.2) is 4.98 Å². The number of hydrogen-bond acceptors (Lipinski definition) is 2. The molecule has 1 aromatic rings. The van der Waals surface area contributed by atoms with E-state index in [1.54, 1.807) is 0 Å². The Hall–Kier alpha value is -0.830. The molecule has 1 aliphatic carbocycles. The van der Waals surface area contributed by atoms with Crippen LogP contribution in [0.3, 0.4) is 0 Å². The molecule has 0 amide bonds. The van der Waals surface area contributed by atoms with E-state index >= 15 is 0 Å². The molecular formula is C11H16N2O. The summed E-state index contributed by atoms with van der Waals surface area (Å²) >= 11 is 0. The fourth-order valence-corrected chi connectivity index (χ4v) is 2.49. The zero-order valence-corrected chi connectivity index (χ0v) is 8.52. The number of nitrogens with zero attached hydrogens (tertiary/aromatic N) is 2. The average molecular weight is 192 g/mol. The Bertz CT molecular complexity index is 330. The smallest absolute Gasteiger partial charge is 0.0951 e. The van der Waals surface area contributed by atoms with Crippen LogP contribution in [0.15, 0.2) is 12.5 Å². The molecule has 2 heterocycles. The van der Waals surface area contributed by atoms with Gasteiger partial charge < -0.3 is 9.30 Å². The fourth-order valence-electron chi connectivity index (χ4n) is 2.49. The van der Waals surface area contributed by atoms with Gasteiger partial charge in [0.15, 0.2) is 0 Å². The monoisotopic (exact) mass is 192 g/mol. The van der Waals surface area contributed by atoms with Gasteiger partial charge >= 0.3 is 0 Å². The van der Waals surface area contributed by atoms with Crippen molar-refractivity contribution in [3.8, 4) is 0 Å². The molecule has 3 rings (SSSR count). The SMILES string of the molecule is Cc1cncn1C1CCOC1C1CC1. The summed E-state index contributed by atoms with van der Waals surface area (Å²) in [5.41, 5.74) is 1.26. The highest BCUT2D eigenvalue weighted by molar-refractivity contribution is 5.02. The lowest BCUT2D eigenvalue weighted by Gasteiger charge is -2.20. The Morgan fingerprint density at radius 2 is 2.29 bits per heavy atom. The topological polar surface area (TPSA) is 27.1 Å². The molecule has 1 saturated heterocycles. The van der Waals surface area contributed by atoms with Crippen molar-refractivity contribution in [2.45, 2.75) is 38.3 Å². The van der Waals surface area contributed by atoms with Crippen LogP contribution >= 0.6 is 0 Å². The predicted molar refractivity (Wildman–Crippen MR) is 53.1 cm³/mol. The third-order valence-corrected chi connectivity index (χ3v) is 3.41. The van der Waals surface area contributed by atoms with Gasteiger partial charge in [-0.05, 0) is 32.1 Å². The third kappa shape index (κ3) is 1.27. The maximum Gasteiger partial charge on any atom is 0.0951 e. The summed E-state index contributed by atoms with van der Waals surface area (Å²) in [4.78, 5) is 4.19. The molecular weight excluding hydrogens is 176 g/mol. The average Bonchev–Trinajstić information content (AvgIpc) is 2.75. The first-order chi connectivity index (χ1) is 6.86. The lowest BCUT2D eigenvalue weighted by atomic mass is 10.1. The van der Waals surface area contributed by atoms with Crippen LogP contribution in [0.2, 0.25) is 0 Å². The lowest BCUT2D eigenvalue weighted by Crippen LogP contribution is -2.22. The molecule has 2 unspecified atom stereocenters. The van der Waals surface area contributed by atoms with Gasteiger partial charge in [0.25, 0.3) is 0 Å². The fraction of sp³-hybridized carbons (Fsp3) is 0.727. The highest BCUT2D eigenvalue weighted by Gasteiger charge is 2.41. The highest BCUT2D eigenvalue weighted by Crippen LogP contribution is 2.43. The van der Waals surface area contributed by atoms with Crippen molar-refractivity contribution < 1.29 is 4.74 Å². The van der Waals surface area contributed by atoms with Crippen molar-refractivity contribution in [1.29, 1.82) is 0 Å². The van der Waals surface area contributed by atoms with Gasteiger partial charge in [0.2, 0.25) is 0 Å². The zero-order chi connectivity index (χ0) is 9.54. The summed E-state index contributed by atoms with van der Waals surface area (Å²) in [5.74, 6) is 0.823. The summed E-state index contributed by atoms with van der Waals surface area (Å²) in [6.07, 6.45) is 8.21. The van der Waals surface area contributed by atoms with E-state index < -0.39 is 0 Å². The van der Waals surface area contributed by atoms with E-state index in [-0.39, 0.29) is 0 Å². The number of imidazole rings is 1. The van der Waals surface area contributed by atoms with E-state index in [0.29, 0.717) is 12.1 Å². The van der Waals surface area contributed by atoms with Gasteiger partial charge in [0, 0.05) is 18.5 Å². The van der Waals surface area contributed by atoms with Crippen molar-refractivity contribution in [2.75, 3.05) is 6.61 Å². The van der Waals surface area contributed by atoms with Crippen LogP contribution in [0.25, 0.3) is 0 Å². The van der Waals surface area contributed by atoms with E-state index in [9.17, 15) is 0 Å². The minimum absolute atomic E-state index is 0.461. The van der Waals surface area contributed by atoms with Crippen LogP contribution in [0.4, 0.5) is 0 Å². The molecule has 0 N–H and O–H groups in total. The van der Waals surface area contributed by atoms with Gasteiger partial charge in [-0.3, -0.25) is 0 Å². The largest absolute Gasteiger partial charge is 0.376 e. The third-order valence-electron chi connectivity index (χ3n) is 3.41. The number of hydrogen-bond donors (Lipinski definition) is 0. The molecule has 2 aliphatic rings. The zero-order valence-electron chi connectivity index (χ0n) is 8.52. The lowest BCUT2D eigenvalue weighted by molar-refractivity contribution is 0.0747. The van der Waals surface area contributed by atoms with Gasteiger partial charge in [-0.1, -0.05) is 0 Å². The first-order valence-corrected chi connectivity index (χ1v) is 5.46. The molecule has 1 aliphatic heterocycles. The maximum absolute atomic E-state index is 5.82. The number of ether oxygens (including phenoxy) is 1. The van der Waals surface area contributed by atoms with Crippen LogP contribution in [0.1, 0.15) is 31.0 Å². The Labute approximate surface area is 84.1 Å². The van der Waals surface area contributed by atoms with E-state index in [4.69, 9.17) is 4.74 Å². The number of aryl methyl sites for hydroxylation is 1. The van der Waals surface area contributed by atoms with Gasteiger partial charge in [0.1, 0.15) is 0 Å². The van der Waals surface area contributed by atoms with E-state index in [1.165, 1.54) is 18.5 Å². The second-order valence-corrected chi connectivity index (χ2v) is 4.47. The molecule has 0 aromatic carbocycles. The van der Waals surface area contributed by atoms with Crippen molar-refractivity contribution in [3.05, 3.63) is 18.2 Å². The normalized spacial score (nSPS) is 32.4. The molecule has 3 heteroatoms. The number of rotatable bonds is 2. The molecule has 1 saturated carbocycles. The second kappa shape index (κ2) is 3.09. The molecule has 1 aromatic heterocycles. The second-order valence-electron chi connectivity index (χ2n) is 4.47. The van der Waals surface area contributed by atoms with Crippen LogP contribution in [0, 0.1) is 12.8 Å². The van der Waals surface area contributed by atoms with Gasteiger partial charge in [-0.15, -0.1) is 0 Å². The molecule has 2 fully saturated rings. The summed E-state index contributed by atoms with van der Waals surface area (Å²) in [6, 6.07) is 0.546. The van der Waals surface area contributed by atoms with Gasteiger partial charge in [-0.2, -0.15) is 0 Å². The summed E-state index contributed by atoms with van der Waals surface area (Å²) < 4.78 is 8.11. The first kappa shape index (κ1) is 8.48. The van der Waals surface area contributed by atoms with Crippen molar-refractivity contribution >= 4 is 0 Å². The quantitative estimate of drug-likeness (QED) is 0.716. The Balaban J connectivity index is 1.86. The van der Waals surface area contributed by atoms with Gasteiger partial charge in [0.05, 0.1) is 18.5 Å². The van der Waals surface area contributed by atoms with Crippen molar-refractivity contribution in [3.63, 3.8) is 0 Å². The summed E-state index contributed by atoms with van der Waals surface area (Å²) in [6.45, 7) is 3.04. The molecule has 3 nitrogen and oxygen atoms in total. The number of aromatic nitrogens is 2. The van der Waals surface area contributed by atoms with Crippen LogP contribution in [0.5, 0.6) is 0 Å². The maximum atomic E-state index is 5.82. The summed E-state index contributed by atoms with van der Waals surface area (Å²) in [7, 11) is 0. The van der Waals surface area contributed by atoms with E-state index in [0.717, 1.165) is 18.9 Å². The molecule has 14 heavy (non-hydrogen) atoms. The Morgan fingerprint density at radius 1 is 1.43 bits per heavy atom. The Morgan fingerprint density at radius 3 is 2.93 bits per heavy atom. The molecule has 0 radical (unpaired) electrons. The van der Waals surface area contributed by atoms with Crippen LogP contribution < -0.4 is 0 Å². The molecule has 0 bridgehead atoms. The standard InChI is InChI=1S/C11H16N2O/c1-8-6-12-7-13(8)10-4-5-14-11(10)9-2-3-9/h6-7,9-11H,2-5H2,1H3.